The van der Waals surface area contributed by atoms with Crippen molar-refractivity contribution in [2.45, 2.75) is 26.8 Å². The Morgan fingerprint density at radius 3 is 2.40 bits per heavy atom. The van der Waals surface area contributed by atoms with Gasteiger partial charge in [0.05, 0.1) is 5.69 Å². The molecule has 0 spiro atoms. The first kappa shape index (κ1) is 18.7. The number of hydrogen-bond donors (Lipinski definition) is 0. The maximum Gasteiger partial charge on any atom is 0.158 e. The van der Waals surface area contributed by atoms with Crippen LogP contribution in [0.3, 0.4) is 0 Å². The van der Waals surface area contributed by atoms with E-state index in [4.69, 9.17) is 10.1 Å². The summed E-state index contributed by atoms with van der Waals surface area (Å²) in [6.45, 7) is 9.39. The average Bonchev–Trinajstić information content (AvgIpc) is 3.18. The lowest BCUT2D eigenvalue weighted by atomic mass is 10.1. The van der Waals surface area contributed by atoms with Gasteiger partial charge >= 0.3 is 0 Å². The van der Waals surface area contributed by atoms with Crippen LogP contribution in [0.4, 0.5) is 11.5 Å². The lowest BCUT2D eigenvalue weighted by Gasteiger charge is -2.42. The first-order valence-electron chi connectivity index (χ1n) is 10.6. The van der Waals surface area contributed by atoms with Gasteiger partial charge in [-0.1, -0.05) is 48.0 Å². The molecule has 0 radical (unpaired) electrons. The van der Waals surface area contributed by atoms with E-state index in [1.165, 1.54) is 11.3 Å². The number of nitrogens with zero attached hydrogens (tertiary/aromatic N) is 5. The summed E-state index contributed by atoms with van der Waals surface area (Å²) in [5.74, 6) is 1.12. The fourth-order valence-corrected chi connectivity index (χ4v) is 4.34. The van der Waals surface area contributed by atoms with Gasteiger partial charge in [0, 0.05) is 54.8 Å². The van der Waals surface area contributed by atoms with Crippen LogP contribution in [0.5, 0.6) is 0 Å². The van der Waals surface area contributed by atoms with Gasteiger partial charge in [-0.2, -0.15) is 9.61 Å². The van der Waals surface area contributed by atoms with Crippen molar-refractivity contribution in [3.8, 4) is 11.3 Å². The second kappa shape index (κ2) is 7.48. The molecule has 2 aromatic carbocycles. The Morgan fingerprint density at radius 2 is 1.67 bits per heavy atom. The Bertz CT molecular complexity index is 1160. The number of anilines is 2. The maximum absolute atomic E-state index is 4.91. The van der Waals surface area contributed by atoms with E-state index in [1.54, 1.807) is 0 Å². The molecular weight excluding hydrogens is 370 g/mol. The van der Waals surface area contributed by atoms with Gasteiger partial charge in [0.25, 0.3) is 0 Å². The van der Waals surface area contributed by atoms with Crippen molar-refractivity contribution in [1.82, 2.24) is 14.6 Å². The van der Waals surface area contributed by atoms with E-state index in [-0.39, 0.29) is 0 Å². The van der Waals surface area contributed by atoms with Crippen molar-refractivity contribution < 1.29 is 0 Å². The summed E-state index contributed by atoms with van der Waals surface area (Å²) in [5, 5.41) is 4.91. The second-order valence-electron chi connectivity index (χ2n) is 8.25. The summed E-state index contributed by atoms with van der Waals surface area (Å²) in [6.07, 6.45) is 0. The Morgan fingerprint density at radius 1 is 0.900 bits per heavy atom. The van der Waals surface area contributed by atoms with Gasteiger partial charge in [0.15, 0.2) is 5.65 Å². The van der Waals surface area contributed by atoms with Crippen molar-refractivity contribution in [3.05, 3.63) is 78.0 Å². The molecule has 1 atom stereocenters. The fraction of sp³-hybridized carbons (Fsp3) is 0.280. The molecule has 1 fully saturated rings. The Kier molecular flexibility index (Phi) is 4.66. The third-order valence-electron chi connectivity index (χ3n) is 5.92. The van der Waals surface area contributed by atoms with E-state index < -0.39 is 0 Å². The van der Waals surface area contributed by atoms with Gasteiger partial charge < -0.3 is 9.80 Å². The van der Waals surface area contributed by atoms with Crippen molar-refractivity contribution >= 4 is 17.2 Å². The highest BCUT2D eigenvalue weighted by Gasteiger charge is 2.26. The molecule has 5 heteroatoms. The SMILES string of the molecule is Cc1ccc(N2CCN(c3cc(C)nc4cc(-c5ccccc5)nn34)C[C@@H]2C)cc1. The molecule has 0 bridgehead atoms. The molecule has 5 nitrogen and oxygen atoms in total. The number of piperazine rings is 1. The van der Waals surface area contributed by atoms with Crippen LogP contribution in [-0.2, 0) is 0 Å². The molecule has 0 aliphatic carbocycles. The number of rotatable bonds is 3. The van der Waals surface area contributed by atoms with Crippen LogP contribution in [0.25, 0.3) is 16.9 Å². The van der Waals surface area contributed by atoms with E-state index >= 15 is 0 Å². The normalized spacial score (nSPS) is 17.0. The third-order valence-corrected chi connectivity index (χ3v) is 5.92. The second-order valence-corrected chi connectivity index (χ2v) is 8.25. The monoisotopic (exact) mass is 397 g/mol. The molecule has 30 heavy (non-hydrogen) atoms. The molecular formula is C25H27N5. The van der Waals surface area contributed by atoms with Gasteiger partial charge in [-0.15, -0.1) is 0 Å². The highest BCUT2D eigenvalue weighted by molar-refractivity contribution is 5.66. The highest BCUT2D eigenvalue weighted by atomic mass is 15.4. The fourth-order valence-electron chi connectivity index (χ4n) is 4.34. The Hall–Kier alpha value is -3.34. The zero-order chi connectivity index (χ0) is 20.7. The third kappa shape index (κ3) is 3.41. The molecule has 1 aliphatic rings. The van der Waals surface area contributed by atoms with Gasteiger partial charge in [0.1, 0.15) is 5.82 Å². The molecule has 5 rings (SSSR count). The number of hydrogen-bond acceptors (Lipinski definition) is 4. The van der Waals surface area contributed by atoms with Crippen LogP contribution in [0.15, 0.2) is 66.7 Å². The number of aromatic nitrogens is 3. The minimum Gasteiger partial charge on any atom is -0.365 e. The van der Waals surface area contributed by atoms with Gasteiger partial charge in [-0.25, -0.2) is 4.98 Å². The quantitative estimate of drug-likeness (QED) is 0.501. The Labute approximate surface area is 177 Å². The number of benzene rings is 2. The van der Waals surface area contributed by atoms with Crippen LogP contribution in [0, 0.1) is 13.8 Å². The zero-order valence-electron chi connectivity index (χ0n) is 17.8. The van der Waals surface area contributed by atoms with Crippen LogP contribution in [-0.4, -0.2) is 40.3 Å². The molecule has 0 N–H and O–H groups in total. The lowest BCUT2D eigenvalue weighted by Crippen LogP contribution is -2.52. The molecule has 0 saturated carbocycles. The molecule has 3 heterocycles. The molecule has 2 aromatic heterocycles. The van der Waals surface area contributed by atoms with Crippen molar-refractivity contribution in [1.29, 1.82) is 0 Å². The van der Waals surface area contributed by atoms with Crippen LogP contribution < -0.4 is 9.80 Å². The molecule has 4 aromatic rings. The smallest absolute Gasteiger partial charge is 0.158 e. The molecule has 0 amide bonds. The highest BCUT2D eigenvalue weighted by Crippen LogP contribution is 2.27. The van der Waals surface area contributed by atoms with Gasteiger partial charge in [-0.05, 0) is 32.9 Å². The Balaban J connectivity index is 1.46. The molecule has 1 saturated heterocycles. The van der Waals surface area contributed by atoms with Gasteiger partial charge in [0.2, 0.25) is 0 Å². The lowest BCUT2D eigenvalue weighted by molar-refractivity contribution is 0.543. The summed E-state index contributed by atoms with van der Waals surface area (Å²) in [7, 11) is 0. The summed E-state index contributed by atoms with van der Waals surface area (Å²) in [5.41, 5.74) is 6.59. The van der Waals surface area contributed by atoms with Crippen LogP contribution >= 0.6 is 0 Å². The topological polar surface area (TPSA) is 36.7 Å². The largest absolute Gasteiger partial charge is 0.365 e. The predicted octanol–water partition coefficient (Wildman–Crippen LogP) is 4.73. The van der Waals surface area contributed by atoms with E-state index in [9.17, 15) is 0 Å². The molecule has 1 aliphatic heterocycles. The summed E-state index contributed by atoms with van der Waals surface area (Å²) < 4.78 is 2.00. The van der Waals surface area contributed by atoms with E-state index in [1.807, 2.05) is 22.7 Å². The van der Waals surface area contributed by atoms with E-state index in [0.717, 1.165) is 48.1 Å². The van der Waals surface area contributed by atoms with E-state index in [0.29, 0.717) is 6.04 Å². The van der Waals surface area contributed by atoms with Crippen molar-refractivity contribution in [2.24, 2.45) is 0 Å². The minimum atomic E-state index is 0.411. The van der Waals surface area contributed by atoms with Crippen molar-refractivity contribution in [2.75, 3.05) is 29.4 Å². The average molecular weight is 398 g/mol. The van der Waals surface area contributed by atoms with Crippen molar-refractivity contribution in [3.63, 3.8) is 0 Å². The molecule has 152 valence electrons. The summed E-state index contributed by atoms with van der Waals surface area (Å²) in [6, 6.07) is 23.8. The minimum absolute atomic E-state index is 0.411. The first-order chi connectivity index (χ1) is 14.6. The summed E-state index contributed by atoms with van der Waals surface area (Å²) >= 11 is 0. The number of fused-ring (bicyclic) bond motifs is 1. The predicted molar refractivity (Wildman–Crippen MR) is 123 cm³/mol. The zero-order valence-corrected chi connectivity index (χ0v) is 17.8. The maximum atomic E-state index is 4.91. The van der Waals surface area contributed by atoms with Crippen LogP contribution in [0.2, 0.25) is 0 Å². The van der Waals surface area contributed by atoms with Crippen LogP contribution in [0.1, 0.15) is 18.2 Å². The first-order valence-corrected chi connectivity index (χ1v) is 10.6. The van der Waals surface area contributed by atoms with Gasteiger partial charge in [-0.3, -0.25) is 0 Å². The molecule has 0 unspecified atom stereocenters. The van der Waals surface area contributed by atoms with E-state index in [2.05, 4.69) is 79.1 Å². The standard InChI is InChI=1S/C25H27N5/c1-18-9-11-22(12-10-18)29-14-13-28(17-20(29)3)25-15-19(2)26-24-16-23(27-30(24)25)21-7-5-4-6-8-21/h4-12,15-16,20H,13-14,17H2,1-3H3/t20-/m0/s1. The summed E-state index contributed by atoms with van der Waals surface area (Å²) in [4.78, 5) is 9.67. The number of aryl methyl sites for hydroxylation is 2.